The Balaban J connectivity index is 0.00000299. The molecular formula is C46H50Cl3N9O6. The van der Waals surface area contributed by atoms with E-state index >= 15 is 0 Å². The van der Waals surface area contributed by atoms with Gasteiger partial charge in [-0.2, -0.15) is 0 Å². The van der Waals surface area contributed by atoms with E-state index < -0.39 is 24.3 Å². The molecule has 2 fully saturated rings. The van der Waals surface area contributed by atoms with Crippen LogP contribution >= 0.6 is 37.2 Å². The van der Waals surface area contributed by atoms with Crippen LogP contribution in [0.4, 0.5) is 9.59 Å². The number of H-pyrrole nitrogens is 2. The second-order valence-corrected chi connectivity index (χ2v) is 15.1. The van der Waals surface area contributed by atoms with Gasteiger partial charge in [0, 0.05) is 42.2 Å². The summed E-state index contributed by atoms with van der Waals surface area (Å²) >= 11 is 0. The van der Waals surface area contributed by atoms with Crippen LogP contribution in [0.1, 0.15) is 86.1 Å². The molecule has 15 nitrogen and oxygen atoms in total. The summed E-state index contributed by atoms with van der Waals surface area (Å²) in [5, 5.41) is 5.38. The van der Waals surface area contributed by atoms with Crippen molar-refractivity contribution in [2.75, 3.05) is 27.3 Å². The number of pyridine rings is 1. The van der Waals surface area contributed by atoms with E-state index in [1.54, 1.807) is 46.7 Å². The summed E-state index contributed by atoms with van der Waals surface area (Å²) in [6.45, 7) is 4.84. The Hall–Kier alpha value is -6.52. The molecule has 0 aliphatic carbocycles. The second kappa shape index (κ2) is 23.2. The van der Waals surface area contributed by atoms with Crippen LogP contribution in [-0.4, -0.2) is 92.1 Å². The smallest absolute Gasteiger partial charge is 0.407 e. The molecule has 4 amide bonds. The molecule has 7 rings (SSSR count). The number of aromatic nitrogens is 5. The number of hydrogen-bond acceptors (Lipinski definition) is 9. The number of nitrogens with zero attached hydrogens (tertiary/aromatic N) is 5. The monoisotopic (exact) mass is 929 g/mol. The third-order valence-electron chi connectivity index (χ3n) is 10.9. The number of imidazole rings is 2. The van der Waals surface area contributed by atoms with Gasteiger partial charge >= 0.3 is 12.2 Å². The van der Waals surface area contributed by atoms with Crippen LogP contribution in [0.5, 0.6) is 0 Å². The molecule has 2 aliphatic rings. The number of hydrogen-bond donors (Lipinski definition) is 4. The van der Waals surface area contributed by atoms with Crippen LogP contribution in [0, 0.1) is 29.6 Å². The Morgan fingerprint density at radius 1 is 0.734 bits per heavy atom. The summed E-state index contributed by atoms with van der Waals surface area (Å²) in [5.74, 6) is 12.9. The molecular weight excluding hydrogens is 881 g/mol. The van der Waals surface area contributed by atoms with E-state index in [9.17, 15) is 19.2 Å². The van der Waals surface area contributed by atoms with E-state index in [0.29, 0.717) is 42.4 Å². The van der Waals surface area contributed by atoms with E-state index in [2.05, 4.69) is 54.3 Å². The standard InChI is InChI=1S/C46H47N9O6.3ClH/c1-29(2)39(52-45(58)60-3)43(56)54-23-12-19-38(54)42-49-28-36(51-42)32-21-20-30(35(25-32)33-16-10-22-47-26-33)13-8-9-17-34-27-48-41(50-34)37-18-11-24-55(37)44(57)40(53-46(59)61-4)31-14-6-5-7-15-31;;;/h5-7,10,14-16,20-22,25-29,37-40H,11-12,18-19,23-24H2,1-4H3,(H,48,50)(H,49,51)(H,52,58)(H,53,59);3*1H/t37?,38?,39-,40?;;;/m0.../s1. The predicted molar refractivity (Wildman–Crippen MR) is 248 cm³/mol. The summed E-state index contributed by atoms with van der Waals surface area (Å²) in [7, 11) is 2.54. The number of rotatable bonds is 10. The number of halogens is 3. The van der Waals surface area contributed by atoms with Gasteiger partial charge in [-0.15, -0.1) is 37.2 Å². The van der Waals surface area contributed by atoms with Crippen LogP contribution in [0.25, 0.3) is 22.4 Å². The number of aromatic amines is 2. The maximum absolute atomic E-state index is 13.9. The number of benzene rings is 2. The van der Waals surface area contributed by atoms with Crippen LogP contribution in [0.2, 0.25) is 0 Å². The van der Waals surface area contributed by atoms with Gasteiger partial charge in [-0.25, -0.2) is 19.6 Å². The SMILES string of the molecule is COC(=O)NC(C(=O)N1CCCC1c1ncc(C#CC#Cc2ccc(-c3cnc(C4CCCN4C(=O)[C@@H](NC(=O)OC)C(C)C)[nH]3)cc2-c2cccnc2)[nH]1)c1ccccc1.Cl.Cl.Cl. The molecule has 5 heterocycles. The first-order valence-electron chi connectivity index (χ1n) is 20.2. The molecule has 2 saturated heterocycles. The zero-order valence-electron chi connectivity index (χ0n) is 35.6. The summed E-state index contributed by atoms with van der Waals surface area (Å²) in [5.41, 5.74) is 5.33. The molecule has 64 heavy (non-hydrogen) atoms. The Morgan fingerprint density at radius 2 is 1.38 bits per heavy atom. The highest BCUT2D eigenvalue weighted by Crippen LogP contribution is 2.35. The molecule has 0 radical (unpaired) electrons. The fraction of sp³-hybridized carbons (Fsp3) is 0.326. The lowest BCUT2D eigenvalue weighted by Gasteiger charge is -2.30. The number of amides is 4. The van der Waals surface area contributed by atoms with E-state index in [0.717, 1.165) is 47.2 Å². The zero-order valence-corrected chi connectivity index (χ0v) is 38.1. The van der Waals surface area contributed by atoms with Crippen molar-refractivity contribution in [3.63, 3.8) is 0 Å². The van der Waals surface area contributed by atoms with Gasteiger partial charge in [0.1, 0.15) is 29.4 Å². The van der Waals surface area contributed by atoms with Gasteiger partial charge < -0.3 is 39.9 Å². The van der Waals surface area contributed by atoms with Crippen LogP contribution < -0.4 is 10.6 Å². The largest absolute Gasteiger partial charge is 0.453 e. The molecule has 3 unspecified atom stereocenters. The van der Waals surface area contributed by atoms with Gasteiger partial charge in [-0.3, -0.25) is 14.6 Å². The third-order valence-corrected chi connectivity index (χ3v) is 10.9. The van der Waals surface area contributed by atoms with Crippen molar-refractivity contribution in [2.45, 2.75) is 63.7 Å². The summed E-state index contributed by atoms with van der Waals surface area (Å²) in [4.78, 5) is 75.6. The van der Waals surface area contributed by atoms with Gasteiger partial charge in [0.25, 0.3) is 5.91 Å². The number of ether oxygens (including phenoxy) is 2. The molecule has 0 saturated carbocycles. The van der Waals surface area contributed by atoms with Crippen molar-refractivity contribution in [3.8, 4) is 46.1 Å². The second-order valence-electron chi connectivity index (χ2n) is 15.1. The third kappa shape index (κ3) is 11.5. The highest BCUT2D eigenvalue weighted by Gasteiger charge is 2.38. The van der Waals surface area contributed by atoms with Gasteiger partial charge in [-0.05, 0) is 78.7 Å². The maximum atomic E-state index is 13.9. The molecule has 4 atom stereocenters. The summed E-state index contributed by atoms with van der Waals surface area (Å²) in [6, 6.07) is 16.6. The fourth-order valence-corrected chi connectivity index (χ4v) is 7.78. The first kappa shape index (κ1) is 50.1. The Bertz CT molecular complexity index is 2510. The zero-order chi connectivity index (χ0) is 42.9. The quantitative estimate of drug-likeness (QED) is 0.104. The van der Waals surface area contributed by atoms with E-state index in [-0.39, 0.29) is 67.0 Å². The Labute approximate surface area is 390 Å². The summed E-state index contributed by atoms with van der Waals surface area (Å²) < 4.78 is 9.58. The average Bonchev–Trinajstić information content (AvgIpc) is 4.14. The number of alkyl carbamates (subject to hydrolysis) is 2. The first-order valence-corrected chi connectivity index (χ1v) is 20.2. The molecule has 0 bridgehead atoms. The van der Waals surface area contributed by atoms with Crippen molar-refractivity contribution < 1.29 is 28.7 Å². The molecule has 4 N–H and O–H groups in total. The maximum Gasteiger partial charge on any atom is 0.407 e. The highest BCUT2D eigenvalue weighted by atomic mass is 35.5. The number of carbonyl (C=O) groups is 4. The molecule has 3 aromatic heterocycles. The minimum Gasteiger partial charge on any atom is -0.453 e. The van der Waals surface area contributed by atoms with Crippen molar-refractivity contribution in [1.82, 2.24) is 45.4 Å². The highest BCUT2D eigenvalue weighted by molar-refractivity contribution is 5.88. The van der Waals surface area contributed by atoms with Crippen molar-refractivity contribution in [1.29, 1.82) is 0 Å². The van der Waals surface area contributed by atoms with Crippen LogP contribution in [0.15, 0.2) is 85.5 Å². The van der Waals surface area contributed by atoms with Gasteiger partial charge in [-0.1, -0.05) is 62.2 Å². The van der Waals surface area contributed by atoms with Crippen LogP contribution in [-0.2, 0) is 19.1 Å². The number of likely N-dealkylation sites (tertiary alicyclic amines) is 2. The normalized spacial score (nSPS) is 16.0. The average molecular weight is 931 g/mol. The lowest BCUT2D eigenvalue weighted by molar-refractivity contribution is -0.135. The van der Waals surface area contributed by atoms with E-state index in [1.807, 2.05) is 62.4 Å². The lowest BCUT2D eigenvalue weighted by atomic mass is 9.97. The van der Waals surface area contributed by atoms with Crippen molar-refractivity contribution >= 4 is 61.2 Å². The van der Waals surface area contributed by atoms with Crippen molar-refractivity contribution in [3.05, 3.63) is 114 Å². The minimum absolute atomic E-state index is 0. The first-order chi connectivity index (χ1) is 29.6. The minimum atomic E-state index is -0.914. The fourth-order valence-electron chi connectivity index (χ4n) is 7.78. The van der Waals surface area contributed by atoms with Gasteiger partial charge in [0.15, 0.2) is 0 Å². The number of methoxy groups -OCH3 is 2. The summed E-state index contributed by atoms with van der Waals surface area (Å²) in [6.07, 6.45) is 8.57. The molecule has 0 spiro atoms. The van der Waals surface area contributed by atoms with Gasteiger partial charge in [0.05, 0.1) is 44.4 Å². The molecule has 2 aromatic carbocycles. The number of nitrogens with one attached hydrogen (secondary N) is 4. The topological polar surface area (TPSA) is 188 Å². The number of carbonyl (C=O) groups excluding carboxylic acids is 4. The van der Waals surface area contributed by atoms with Crippen molar-refractivity contribution in [2.24, 2.45) is 5.92 Å². The van der Waals surface area contributed by atoms with Crippen LogP contribution in [0.3, 0.4) is 0 Å². The Morgan fingerprint density at radius 3 is 2.03 bits per heavy atom. The van der Waals surface area contributed by atoms with Gasteiger partial charge in [0.2, 0.25) is 5.91 Å². The Kier molecular flexibility index (Phi) is 18.2. The predicted octanol–water partition coefficient (Wildman–Crippen LogP) is 7.34. The molecule has 336 valence electrons. The lowest BCUT2D eigenvalue weighted by Crippen LogP contribution is -2.51. The molecule has 2 aliphatic heterocycles. The molecule has 5 aromatic rings. The molecule has 18 heteroatoms. The van der Waals surface area contributed by atoms with E-state index in [4.69, 9.17) is 14.5 Å². The van der Waals surface area contributed by atoms with E-state index in [1.165, 1.54) is 14.2 Å².